The third kappa shape index (κ3) is 28.6. The molecule has 4 atom stereocenters. The predicted molar refractivity (Wildman–Crippen MR) is 310 cm³/mol. The van der Waals surface area contributed by atoms with Gasteiger partial charge in [0.05, 0.1) is 37.6 Å². The number of rotatable bonds is 36. The smallest absolute Gasteiger partial charge is 0.317 e. The lowest BCUT2D eigenvalue weighted by molar-refractivity contribution is -0.140. The number of carboxylic acids is 3. The molecule has 3 heterocycles. The second kappa shape index (κ2) is 38.3. The molecule has 0 bridgehead atoms. The van der Waals surface area contributed by atoms with Crippen LogP contribution < -0.4 is 38.1 Å². The minimum atomic E-state index is -1.29. The van der Waals surface area contributed by atoms with Gasteiger partial charge in [0.25, 0.3) is 0 Å². The Bertz CT molecular complexity index is 2210. The minimum absolute atomic E-state index is 0.0365. The average molecular weight is 1200 g/mol. The number of nitrogens with zero attached hydrogens (tertiary/aromatic N) is 5. The van der Waals surface area contributed by atoms with Gasteiger partial charge in [-0.2, -0.15) is 23.5 Å². The monoisotopic (exact) mass is 1190 g/mol. The first-order chi connectivity index (χ1) is 39.0. The van der Waals surface area contributed by atoms with E-state index in [-0.39, 0.29) is 147 Å². The highest BCUT2D eigenvalue weighted by molar-refractivity contribution is 7.98. The molecule has 0 unspecified atom stereocenters. The first-order valence-corrected chi connectivity index (χ1v) is 30.6. The van der Waals surface area contributed by atoms with Crippen LogP contribution >= 0.6 is 23.5 Å². The van der Waals surface area contributed by atoms with Crippen molar-refractivity contribution in [1.82, 2.24) is 51.2 Å². The van der Waals surface area contributed by atoms with Crippen molar-refractivity contribution in [3.63, 3.8) is 0 Å². The van der Waals surface area contributed by atoms with E-state index in [4.69, 9.17) is 21.2 Å². The van der Waals surface area contributed by atoms with Gasteiger partial charge < -0.3 is 58.1 Å². The normalized spacial score (nSPS) is 17.4. The first kappa shape index (κ1) is 70.6. The van der Waals surface area contributed by atoms with E-state index in [0.717, 1.165) is 11.4 Å². The highest BCUT2D eigenvalue weighted by Gasteiger charge is 2.43. The highest BCUT2D eigenvalue weighted by Crippen LogP contribution is 2.24. The molecule has 26 nitrogen and oxygen atoms in total. The maximum absolute atomic E-state index is 14.0. The van der Waals surface area contributed by atoms with Crippen LogP contribution in [0.2, 0.25) is 0 Å². The first-order valence-electron chi connectivity index (χ1n) is 28.3. The standard InChI is InChI=1S/C54H90N12O14S2/c1-5-38(4)49(51(56)77)61-52(78)42(13-12-37(2)3)60-53(79)54(16-27-80-28-17-54)62-44(68)15-30-82-36-40-10-8-9-39(58-40)35-81-29-14-43(67)59-41(50(55)76)11-6-7-18-57-45(69)31-63-19-21-64(32-46(70)71)23-25-66(34-48(74)75)26-24-65(22-20-63)33-47(72)73/h8-10,37-38,41-42,49H,5-7,11-36H2,1-4H3,(H2,55,76)(H2,56,77)(H,57,69)(H,59,67)(H,60,79)(H,61,78)(H,62,68)(H,70,71)(H,72,73)(H,74,75)/t38-,41-,42-,49-/m0/s1. The van der Waals surface area contributed by atoms with Crippen molar-refractivity contribution in [2.75, 3.05) is 110 Å². The van der Waals surface area contributed by atoms with E-state index in [9.17, 15) is 63.3 Å². The van der Waals surface area contributed by atoms with Gasteiger partial charge in [-0.25, -0.2) is 0 Å². The molecule has 1 aromatic rings. The summed E-state index contributed by atoms with van der Waals surface area (Å²) in [5, 5.41) is 42.6. The number of carbonyl (C=O) groups is 10. The number of carboxylic acid groups (broad SMARTS) is 3. The molecule has 0 radical (unpaired) electrons. The number of nitrogens with two attached hydrogens (primary N) is 2. The van der Waals surface area contributed by atoms with E-state index in [1.54, 1.807) is 14.7 Å². The Morgan fingerprint density at radius 3 is 1.60 bits per heavy atom. The molecule has 0 aliphatic carbocycles. The molecule has 0 saturated carbocycles. The van der Waals surface area contributed by atoms with E-state index >= 15 is 0 Å². The zero-order valence-corrected chi connectivity index (χ0v) is 49.8. The number of aliphatic carboxylic acids is 3. The summed E-state index contributed by atoms with van der Waals surface area (Å²) in [5.41, 5.74) is 11.6. The molecule has 3 rings (SSSR count). The van der Waals surface area contributed by atoms with Gasteiger partial charge in [-0.3, -0.25) is 72.5 Å². The largest absolute Gasteiger partial charge is 0.480 e. The van der Waals surface area contributed by atoms with Crippen LogP contribution in [0.1, 0.15) is 103 Å². The van der Waals surface area contributed by atoms with Crippen LogP contribution in [0.25, 0.3) is 0 Å². The van der Waals surface area contributed by atoms with Crippen LogP contribution in [0.5, 0.6) is 0 Å². The lowest BCUT2D eigenvalue weighted by Crippen LogP contribution is -2.64. The van der Waals surface area contributed by atoms with Crippen LogP contribution in [0.15, 0.2) is 18.2 Å². The van der Waals surface area contributed by atoms with Gasteiger partial charge in [0.15, 0.2) is 0 Å². The summed E-state index contributed by atoms with van der Waals surface area (Å²) in [6.45, 7) is 9.80. The van der Waals surface area contributed by atoms with Crippen molar-refractivity contribution in [2.24, 2.45) is 23.3 Å². The third-order valence-electron chi connectivity index (χ3n) is 14.2. The summed E-state index contributed by atoms with van der Waals surface area (Å²) in [7, 11) is 0. The Kier molecular flexibility index (Phi) is 32.9. The van der Waals surface area contributed by atoms with E-state index in [1.807, 2.05) is 50.8 Å². The van der Waals surface area contributed by atoms with E-state index < -0.39 is 65.2 Å². The number of unbranched alkanes of at least 4 members (excludes halogenated alkanes) is 1. The summed E-state index contributed by atoms with van der Waals surface area (Å²) in [4.78, 5) is 138. The van der Waals surface area contributed by atoms with E-state index in [0.29, 0.717) is 68.2 Å². The summed E-state index contributed by atoms with van der Waals surface area (Å²) in [5.74, 6) is -4.47. The predicted octanol–water partition coefficient (Wildman–Crippen LogP) is -0.337. The van der Waals surface area contributed by atoms with Crippen LogP contribution in [-0.2, 0) is 64.2 Å². The van der Waals surface area contributed by atoms with E-state index in [1.165, 1.54) is 23.5 Å². The maximum atomic E-state index is 14.0. The van der Waals surface area contributed by atoms with Crippen LogP contribution in [-0.4, -0.2) is 233 Å². The Morgan fingerprint density at radius 2 is 1.13 bits per heavy atom. The van der Waals surface area contributed by atoms with Crippen LogP contribution in [0.4, 0.5) is 0 Å². The lowest BCUT2D eigenvalue weighted by atomic mass is 9.88. The number of hydrogen-bond donors (Lipinski definition) is 10. The quantitative estimate of drug-likeness (QED) is 0.0384. The van der Waals surface area contributed by atoms with Crippen molar-refractivity contribution in [1.29, 1.82) is 0 Å². The topological polar surface area (TPSA) is 379 Å². The Morgan fingerprint density at radius 1 is 0.634 bits per heavy atom. The number of pyridine rings is 1. The second-order valence-corrected chi connectivity index (χ2v) is 23.6. The van der Waals surface area contributed by atoms with Crippen LogP contribution in [0, 0.1) is 11.8 Å². The van der Waals surface area contributed by atoms with Crippen molar-refractivity contribution in [3.8, 4) is 0 Å². The SMILES string of the molecule is CC[C@H](C)[C@H](NC(=O)[C@H](CCC(C)C)NC(=O)C1(NC(=O)CCSCc2cccc(CSCCC(=O)N[C@@H](CCCCNC(=O)CN3CCN(CC(=O)O)CCN(CC(=O)O)CCN(CC(=O)O)CC3)C(N)=O)n2)CCOCC1)C(N)=O. The molecule has 12 N–H and O–H groups in total. The molecule has 0 spiro atoms. The summed E-state index contributed by atoms with van der Waals surface area (Å²) in [6, 6.07) is 2.91. The Labute approximate surface area is 489 Å². The molecular formula is C54H90N12O14S2. The minimum Gasteiger partial charge on any atom is -0.480 e. The molecule has 2 aliphatic rings. The van der Waals surface area contributed by atoms with Crippen molar-refractivity contribution in [2.45, 2.75) is 127 Å². The molecule has 0 aromatic carbocycles. The zero-order chi connectivity index (χ0) is 60.6. The average Bonchev–Trinajstić information content (AvgIpc) is 3.58. The molecule has 2 fully saturated rings. The molecular weight excluding hydrogens is 1100 g/mol. The zero-order valence-electron chi connectivity index (χ0n) is 48.2. The van der Waals surface area contributed by atoms with E-state index in [2.05, 4.69) is 26.6 Å². The van der Waals surface area contributed by atoms with Gasteiger partial charge in [0.1, 0.15) is 23.7 Å². The summed E-state index contributed by atoms with van der Waals surface area (Å²) in [6.07, 6.45) is 3.47. The molecule has 82 heavy (non-hydrogen) atoms. The summed E-state index contributed by atoms with van der Waals surface area (Å²) >= 11 is 3.01. The number of aromatic nitrogens is 1. The van der Waals surface area contributed by atoms with Crippen molar-refractivity contribution < 1.29 is 68.0 Å². The second-order valence-electron chi connectivity index (χ2n) is 21.4. The fraction of sp³-hybridized carbons (Fsp3) is 0.722. The number of nitrogens with one attached hydrogen (secondary N) is 5. The summed E-state index contributed by atoms with van der Waals surface area (Å²) < 4.78 is 5.55. The maximum Gasteiger partial charge on any atom is 0.317 e. The number of ether oxygens (including phenoxy) is 1. The molecule has 7 amide bonds. The van der Waals surface area contributed by atoms with Crippen LogP contribution in [0.3, 0.4) is 0 Å². The third-order valence-corrected chi connectivity index (χ3v) is 16.2. The Hall–Kier alpha value is -5.65. The number of primary amides is 2. The van der Waals surface area contributed by atoms with Gasteiger partial charge in [0.2, 0.25) is 41.4 Å². The van der Waals surface area contributed by atoms with Gasteiger partial charge in [-0.15, -0.1) is 0 Å². The molecule has 28 heteroatoms. The number of thioether (sulfide) groups is 2. The number of amides is 7. The van der Waals surface area contributed by atoms with Gasteiger partial charge >= 0.3 is 17.9 Å². The fourth-order valence-electron chi connectivity index (χ4n) is 9.18. The molecule has 462 valence electrons. The lowest BCUT2D eigenvalue weighted by Gasteiger charge is -2.37. The fourth-order valence-corrected chi connectivity index (χ4v) is 10.9. The van der Waals surface area contributed by atoms with Crippen molar-refractivity contribution in [3.05, 3.63) is 29.6 Å². The molecule has 2 aliphatic heterocycles. The number of carbonyl (C=O) groups excluding carboxylic acids is 7. The molecule has 2 saturated heterocycles. The van der Waals surface area contributed by atoms with Crippen molar-refractivity contribution >= 4 is 82.8 Å². The van der Waals surface area contributed by atoms with Gasteiger partial charge in [0, 0.05) is 121 Å². The highest BCUT2D eigenvalue weighted by atomic mass is 32.2. The molecule has 1 aromatic heterocycles. The van der Waals surface area contributed by atoms with Gasteiger partial charge in [-0.1, -0.05) is 40.2 Å². The number of hydrogen-bond acceptors (Lipinski definition) is 18. The Balaban J connectivity index is 1.41. The van der Waals surface area contributed by atoms with Gasteiger partial charge in [-0.05, 0) is 56.1 Å².